The second-order valence-corrected chi connectivity index (χ2v) is 8.26. The number of nitrogens with one attached hydrogen (secondary N) is 2. The first-order chi connectivity index (χ1) is 13.5. The molecule has 2 N–H and O–H groups in total. The van der Waals surface area contributed by atoms with Crippen LogP contribution in [-0.4, -0.2) is 46.6 Å². The zero-order valence-corrected chi connectivity index (χ0v) is 18.6. The largest absolute Gasteiger partial charge is 0.353 e. The SMILES string of the molecule is CCC(CC)NC(=O)CSc1nnc([C@@H](CC)[NH+](C)C)n1Cc1ccccc1. The molecule has 6 nitrogen and oxygen atoms in total. The molecule has 0 spiro atoms. The second kappa shape index (κ2) is 11.2. The van der Waals surface area contributed by atoms with E-state index in [0.29, 0.717) is 12.3 Å². The number of hydrogen-bond acceptors (Lipinski definition) is 4. The van der Waals surface area contributed by atoms with Gasteiger partial charge in [-0.25, -0.2) is 0 Å². The number of thioether (sulfide) groups is 1. The van der Waals surface area contributed by atoms with Gasteiger partial charge in [0, 0.05) is 12.5 Å². The molecule has 0 aliphatic heterocycles. The fourth-order valence-electron chi connectivity index (χ4n) is 3.32. The Hall–Kier alpha value is -1.86. The third-order valence-corrected chi connectivity index (χ3v) is 6.00. The molecule has 0 radical (unpaired) electrons. The molecule has 1 aromatic carbocycles. The van der Waals surface area contributed by atoms with Crippen molar-refractivity contribution in [3.8, 4) is 0 Å². The lowest BCUT2D eigenvalue weighted by atomic mass is 10.2. The summed E-state index contributed by atoms with van der Waals surface area (Å²) in [4.78, 5) is 13.7. The summed E-state index contributed by atoms with van der Waals surface area (Å²) in [5.41, 5.74) is 1.20. The van der Waals surface area contributed by atoms with Gasteiger partial charge in [0.05, 0.1) is 26.4 Å². The Morgan fingerprint density at radius 3 is 2.36 bits per heavy atom. The average molecular weight is 405 g/mol. The first-order valence-electron chi connectivity index (χ1n) is 10.2. The van der Waals surface area contributed by atoms with Crippen molar-refractivity contribution in [3.63, 3.8) is 0 Å². The molecule has 1 amide bonds. The Kier molecular flexibility index (Phi) is 8.99. The van der Waals surface area contributed by atoms with E-state index in [4.69, 9.17) is 0 Å². The van der Waals surface area contributed by atoms with E-state index in [-0.39, 0.29) is 18.0 Å². The van der Waals surface area contributed by atoms with Gasteiger partial charge in [-0.1, -0.05) is 62.9 Å². The van der Waals surface area contributed by atoms with Crippen molar-refractivity contribution < 1.29 is 9.69 Å². The molecule has 28 heavy (non-hydrogen) atoms. The molecule has 2 rings (SSSR count). The van der Waals surface area contributed by atoms with E-state index in [9.17, 15) is 4.79 Å². The van der Waals surface area contributed by atoms with Gasteiger partial charge in [-0.15, -0.1) is 10.2 Å². The normalized spacial score (nSPS) is 12.5. The maximum absolute atomic E-state index is 12.3. The lowest BCUT2D eigenvalue weighted by molar-refractivity contribution is -0.893. The van der Waals surface area contributed by atoms with Gasteiger partial charge in [0.25, 0.3) is 0 Å². The predicted octanol–water partition coefficient (Wildman–Crippen LogP) is 2.32. The van der Waals surface area contributed by atoms with Crippen LogP contribution in [0.1, 0.15) is 57.5 Å². The van der Waals surface area contributed by atoms with Gasteiger partial charge in [-0.05, 0) is 18.4 Å². The number of carbonyl (C=O) groups is 1. The zero-order chi connectivity index (χ0) is 20.5. The van der Waals surface area contributed by atoms with Gasteiger partial charge in [0.2, 0.25) is 5.91 Å². The highest BCUT2D eigenvalue weighted by atomic mass is 32.2. The van der Waals surface area contributed by atoms with Crippen LogP contribution in [0.3, 0.4) is 0 Å². The highest BCUT2D eigenvalue weighted by Gasteiger charge is 2.25. The van der Waals surface area contributed by atoms with E-state index in [1.165, 1.54) is 22.2 Å². The van der Waals surface area contributed by atoms with E-state index in [1.54, 1.807) is 0 Å². The monoisotopic (exact) mass is 404 g/mol. The molecule has 0 bridgehead atoms. The maximum atomic E-state index is 12.3. The standard InChI is InChI=1S/C21H33N5OS/c1-6-17(7-2)22-19(27)15-28-21-24-23-20(18(8-3)25(4)5)26(21)14-16-12-10-9-11-13-16/h9-13,17-18H,6-8,14-15H2,1-5H3,(H,22,27)/p+1/t18-/m1/s1. The molecule has 2 aromatic rings. The summed E-state index contributed by atoms with van der Waals surface area (Å²) in [6, 6.07) is 10.8. The Morgan fingerprint density at radius 2 is 1.79 bits per heavy atom. The van der Waals surface area contributed by atoms with Crippen LogP contribution in [-0.2, 0) is 11.3 Å². The number of quaternary nitrogens is 1. The molecule has 0 aliphatic rings. The summed E-state index contributed by atoms with van der Waals surface area (Å²) in [5.74, 6) is 1.39. The van der Waals surface area contributed by atoms with Crippen LogP contribution in [0, 0.1) is 0 Å². The van der Waals surface area contributed by atoms with Gasteiger partial charge in [-0.3, -0.25) is 9.36 Å². The Balaban J connectivity index is 2.21. The van der Waals surface area contributed by atoms with E-state index >= 15 is 0 Å². The van der Waals surface area contributed by atoms with Crippen LogP contribution in [0.15, 0.2) is 35.5 Å². The Bertz CT molecular complexity index is 728. The summed E-state index contributed by atoms with van der Waals surface area (Å²) >= 11 is 1.47. The molecule has 0 saturated carbocycles. The van der Waals surface area contributed by atoms with Gasteiger partial charge in [0.1, 0.15) is 6.04 Å². The van der Waals surface area contributed by atoms with Crippen LogP contribution in [0.25, 0.3) is 0 Å². The highest BCUT2D eigenvalue weighted by molar-refractivity contribution is 7.99. The fraction of sp³-hybridized carbons (Fsp3) is 0.571. The highest BCUT2D eigenvalue weighted by Crippen LogP contribution is 2.22. The number of nitrogens with zero attached hydrogens (tertiary/aromatic N) is 3. The lowest BCUT2D eigenvalue weighted by Crippen LogP contribution is -3.06. The summed E-state index contributed by atoms with van der Waals surface area (Å²) < 4.78 is 2.17. The summed E-state index contributed by atoms with van der Waals surface area (Å²) in [6.45, 7) is 7.08. The molecule has 0 fully saturated rings. The molecule has 7 heteroatoms. The molecule has 1 heterocycles. The van der Waals surface area contributed by atoms with Crippen LogP contribution in [0.4, 0.5) is 0 Å². The van der Waals surface area contributed by atoms with Crippen molar-refractivity contribution in [1.29, 1.82) is 0 Å². The van der Waals surface area contributed by atoms with Crippen molar-refractivity contribution in [3.05, 3.63) is 41.7 Å². The van der Waals surface area contributed by atoms with E-state index in [0.717, 1.165) is 30.2 Å². The number of benzene rings is 1. The number of carbonyl (C=O) groups excluding carboxylic acids is 1. The van der Waals surface area contributed by atoms with Crippen molar-refractivity contribution in [2.45, 2.75) is 63.8 Å². The third kappa shape index (κ3) is 6.07. The molecule has 1 atom stereocenters. The molecular formula is C21H34N5OS+. The van der Waals surface area contributed by atoms with Crippen LogP contribution in [0.5, 0.6) is 0 Å². The van der Waals surface area contributed by atoms with E-state index in [1.807, 2.05) is 18.2 Å². The number of amides is 1. The molecule has 1 aromatic heterocycles. The Labute approximate surface area is 173 Å². The van der Waals surface area contributed by atoms with Crippen molar-refractivity contribution >= 4 is 17.7 Å². The number of aromatic nitrogens is 3. The number of rotatable bonds is 11. The van der Waals surface area contributed by atoms with Crippen LogP contribution < -0.4 is 10.2 Å². The van der Waals surface area contributed by atoms with Crippen LogP contribution in [0.2, 0.25) is 0 Å². The predicted molar refractivity (Wildman–Crippen MR) is 115 cm³/mol. The minimum absolute atomic E-state index is 0.0554. The van der Waals surface area contributed by atoms with Gasteiger partial charge in [0.15, 0.2) is 11.0 Å². The summed E-state index contributed by atoms with van der Waals surface area (Å²) in [7, 11) is 4.29. The Morgan fingerprint density at radius 1 is 1.11 bits per heavy atom. The maximum Gasteiger partial charge on any atom is 0.230 e. The molecule has 0 saturated heterocycles. The van der Waals surface area contributed by atoms with Gasteiger partial charge >= 0.3 is 0 Å². The first-order valence-corrected chi connectivity index (χ1v) is 11.2. The lowest BCUT2D eigenvalue weighted by Gasteiger charge is -2.20. The van der Waals surface area contributed by atoms with E-state index in [2.05, 4.69) is 67.1 Å². The van der Waals surface area contributed by atoms with Gasteiger partial charge in [-0.2, -0.15) is 0 Å². The fourth-order valence-corrected chi connectivity index (χ4v) is 4.08. The third-order valence-electron chi connectivity index (χ3n) is 5.03. The topological polar surface area (TPSA) is 64.2 Å². The average Bonchev–Trinajstić information content (AvgIpc) is 3.08. The smallest absolute Gasteiger partial charge is 0.230 e. The van der Waals surface area contributed by atoms with Crippen molar-refractivity contribution in [1.82, 2.24) is 20.1 Å². The quantitative estimate of drug-likeness (QED) is 0.564. The zero-order valence-electron chi connectivity index (χ0n) is 17.7. The number of hydrogen-bond donors (Lipinski definition) is 2. The molecule has 154 valence electrons. The summed E-state index contributed by atoms with van der Waals surface area (Å²) in [6.07, 6.45) is 2.88. The molecule has 0 aliphatic carbocycles. The van der Waals surface area contributed by atoms with Gasteiger partial charge < -0.3 is 10.2 Å². The second-order valence-electron chi connectivity index (χ2n) is 7.32. The van der Waals surface area contributed by atoms with Crippen molar-refractivity contribution in [2.75, 3.05) is 19.8 Å². The van der Waals surface area contributed by atoms with E-state index < -0.39 is 0 Å². The summed E-state index contributed by atoms with van der Waals surface area (Å²) in [5, 5.41) is 12.9. The van der Waals surface area contributed by atoms with Crippen molar-refractivity contribution in [2.24, 2.45) is 0 Å². The first kappa shape index (κ1) is 22.4. The molecular weight excluding hydrogens is 370 g/mol. The minimum atomic E-state index is 0.0554. The minimum Gasteiger partial charge on any atom is -0.353 e. The molecule has 0 unspecified atom stereocenters. The van der Waals surface area contributed by atoms with Crippen LogP contribution >= 0.6 is 11.8 Å².